The van der Waals surface area contributed by atoms with E-state index >= 15 is 0 Å². The fourth-order valence-electron chi connectivity index (χ4n) is 4.14. The number of ether oxygens (including phenoxy) is 4. The van der Waals surface area contributed by atoms with Crippen molar-refractivity contribution >= 4 is 5.97 Å². The summed E-state index contributed by atoms with van der Waals surface area (Å²) in [5, 5.41) is 71.3. The van der Waals surface area contributed by atoms with Crippen molar-refractivity contribution in [3.63, 3.8) is 0 Å². The second-order valence-corrected chi connectivity index (χ2v) is 7.91. The van der Waals surface area contributed by atoms with E-state index in [0.717, 1.165) is 0 Å². The van der Waals surface area contributed by atoms with Gasteiger partial charge in [-0.25, -0.2) is 4.79 Å². The zero-order chi connectivity index (χ0) is 24.3. The first-order valence-electron chi connectivity index (χ1n) is 10.6. The molecule has 1 aromatic rings. The number of hydrogen-bond donors (Lipinski definition) is 7. The minimum atomic E-state index is -1.72. The third-order valence-corrected chi connectivity index (χ3v) is 5.88. The summed E-state index contributed by atoms with van der Waals surface area (Å²) in [7, 11) is 0. The Hall–Kier alpha value is -1.87. The third kappa shape index (κ3) is 5.14. The molecule has 10 unspecified atom stereocenters. The fraction of sp³-hybridized carbons (Fsp3) is 0.667. The van der Waals surface area contributed by atoms with Crippen molar-refractivity contribution in [3.05, 3.63) is 29.8 Å². The van der Waals surface area contributed by atoms with Crippen LogP contribution >= 0.6 is 0 Å². The van der Waals surface area contributed by atoms with E-state index in [1.807, 2.05) is 0 Å². The van der Waals surface area contributed by atoms with Gasteiger partial charge in [-0.3, -0.25) is 0 Å². The van der Waals surface area contributed by atoms with Crippen LogP contribution in [0.4, 0.5) is 0 Å². The Bertz CT molecular complexity index is 786. The first-order chi connectivity index (χ1) is 15.7. The van der Waals surface area contributed by atoms with Crippen LogP contribution in [0.3, 0.4) is 0 Å². The van der Waals surface area contributed by atoms with Crippen LogP contribution in [-0.4, -0.2) is 117 Å². The van der Waals surface area contributed by atoms with Gasteiger partial charge in [0, 0.05) is 5.92 Å². The molecule has 0 spiro atoms. The van der Waals surface area contributed by atoms with Gasteiger partial charge in [0.1, 0.15) is 41.8 Å². The number of esters is 1. The molecule has 0 aromatic heterocycles. The largest absolute Gasteiger partial charge is 0.462 e. The van der Waals surface area contributed by atoms with Gasteiger partial charge in [-0.2, -0.15) is 0 Å². The first kappa shape index (κ1) is 25.7. The summed E-state index contributed by atoms with van der Waals surface area (Å²) in [4.78, 5) is 12.2. The van der Waals surface area contributed by atoms with Gasteiger partial charge in [0.15, 0.2) is 0 Å². The molecule has 7 N–H and O–H groups in total. The molecule has 33 heavy (non-hydrogen) atoms. The molecule has 0 aliphatic carbocycles. The first-order valence-corrected chi connectivity index (χ1v) is 10.6. The molecule has 3 rings (SSSR count). The standard InChI is InChI=1S/C21H30O12/c1-2-30-20(29)9-5-3-4-6-10(9)32-21-18(28)15(25)13(11(7-22)33-21)19-17(27)16(26)14(24)12(8-23)31-19/h3-6,11-19,21-28H,2,7-8H2,1H3. The van der Waals surface area contributed by atoms with E-state index in [2.05, 4.69) is 0 Å². The maximum Gasteiger partial charge on any atom is 0.341 e. The lowest BCUT2D eigenvalue weighted by Gasteiger charge is -2.49. The minimum absolute atomic E-state index is 0.00943. The summed E-state index contributed by atoms with van der Waals surface area (Å²) in [6, 6.07) is 6.04. The van der Waals surface area contributed by atoms with Crippen molar-refractivity contribution in [1.29, 1.82) is 0 Å². The summed E-state index contributed by atoms with van der Waals surface area (Å²) < 4.78 is 21.7. The molecule has 2 fully saturated rings. The predicted octanol–water partition coefficient (Wildman–Crippen LogP) is -2.86. The zero-order valence-corrected chi connectivity index (χ0v) is 17.9. The Morgan fingerprint density at radius 2 is 1.55 bits per heavy atom. The van der Waals surface area contributed by atoms with Crippen LogP contribution in [0.2, 0.25) is 0 Å². The zero-order valence-electron chi connectivity index (χ0n) is 17.9. The highest BCUT2D eigenvalue weighted by atomic mass is 16.7. The van der Waals surface area contributed by atoms with Gasteiger partial charge in [-0.1, -0.05) is 12.1 Å². The molecule has 12 heteroatoms. The van der Waals surface area contributed by atoms with Crippen LogP contribution in [0, 0.1) is 5.92 Å². The Labute approximate surface area is 189 Å². The Morgan fingerprint density at radius 1 is 0.879 bits per heavy atom. The molecular formula is C21H30O12. The van der Waals surface area contributed by atoms with Crippen molar-refractivity contribution in [2.24, 2.45) is 5.92 Å². The van der Waals surface area contributed by atoms with E-state index < -0.39 is 80.2 Å². The molecule has 0 bridgehead atoms. The van der Waals surface area contributed by atoms with Crippen molar-refractivity contribution in [2.45, 2.75) is 62.0 Å². The van der Waals surface area contributed by atoms with Crippen LogP contribution in [-0.2, 0) is 14.2 Å². The van der Waals surface area contributed by atoms with Crippen LogP contribution < -0.4 is 4.74 Å². The summed E-state index contributed by atoms with van der Waals surface area (Å²) in [6.07, 6.45) is -13.9. The third-order valence-electron chi connectivity index (χ3n) is 5.88. The van der Waals surface area contributed by atoms with E-state index in [-0.39, 0.29) is 17.9 Å². The van der Waals surface area contributed by atoms with E-state index in [0.29, 0.717) is 0 Å². The van der Waals surface area contributed by atoms with Crippen molar-refractivity contribution in [3.8, 4) is 5.75 Å². The monoisotopic (exact) mass is 474 g/mol. The Kier molecular flexibility index (Phi) is 8.61. The average Bonchev–Trinajstić information content (AvgIpc) is 2.81. The molecule has 186 valence electrons. The number of aliphatic hydroxyl groups is 7. The lowest BCUT2D eigenvalue weighted by molar-refractivity contribution is -0.310. The van der Waals surface area contributed by atoms with Crippen molar-refractivity contribution in [2.75, 3.05) is 19.8 Å². The maximum atomic E-state index is 12.2. The fourth-order valence-corrected chi connectivity index (χ4v) is 4.14. The SMILES string of the molecule is CCOC(=O)c1ccccc1OC1OC(CO)C(C2OC(CO)C(O)C(O)C2O)C(O)C1O. The van der Waals surface area contributed by atoms with Gasteiger partial charge in [0.2, 0.25) is 6.29 Å². The van der Waals surface area contributed by atoms with Crippen LogP contribution in [0.5, 0.6) is 5.75 Å². The molecule has 10 atom stereocenters. The number of aliphatic hydroxyl groups excluding tert-OH is 7. The van der Waals surface area contributed by atoms with E-state index in [9.17, 15) is 40.5 Å². The topological polar surface area (TPSA) is 196 Å². The predicted molar refractivity (Wildman–Crippen MR) is 108 cm³/mol. The molecule has 2 aliphatic rings. The van der Waals surface area contributed by atoms with Crippen molar-refractivity contribution < 1.29 is 59.5 Å². The lowest BCUT2D eigenvalue weighted by Crippen LogP contribution is -2.67. The van der Waals surface area contributed by atoms with Gasteiger partial charge in [-0.05, 0) is 19.1 Å². The summed E-state index contributed by atoms with van der Waals surface area (Å²) >= 11 is 0. The summed E-state index contributed by atoms with van der Waals surface area (Å²) in [6.45, 7) is 0.384. The van der Waals surface area contributed by atoms with E-state index in [1.165, 1.54) is 12.1 Å². The van der Waals surface area contributed by atoms with Gasteiger partial charge in [-0.15, -0.1) is 0 Å². The van der Waals surface area contributed by atoms with Crippen molar-refractivity contribution in [1.82, 2.24) is 0 Å². The smallest absolute Gasteiger partial charge is 0.341 e. The molecule has 1 aromatic carbocycles. The molecule has 0 radical (unpaired) electrons. The van der Waals surface area contributed by atoms with E-state index in [1.54, 1.807) is 19.1 Å². The number of benzene rings is 1. The quantitative estimate of drug-likeness (QED) is 0.200. The van der Waals surface area contributed by atoms with Gasteiger partial charge in [0.25, 0.3) is 0 Å². The normalized spacial score (nSPS) is 39.2. The lowest BCUT2D eigenvalue weighted by atomic mass is 9.79. The minimum Gasteiger partial charge on any atom is -0.462 e. The number of carbonyl (C=O) groups excluding carboxylic acids is 1. The molecule has 2 heterocycles. The molecule has 0 amide bonds. The Morgan fingerprint density at radius 3 is 2.18 bits per heavy atom. The van der Waals surface area contributed by atoms with Gasteiger partial charge < -0.3 is 54.7 Å². The second-order valence-electron chi connectivity index (χ2n) is 7.91. The molecule has 0 saturated carbocycles. The highest BCUT2D eigenvalue weighted by Gasteiger charge is 2.55. The van der Waals surface area contributed by atoms with Crippen LogP contribution in [0.25, 0.3) is 0 Å². The average molecular weight is 474 g/mol. The van der Waals surface area contributed by atoms with Crippen LogP contribution in [0.1, 0.15) is 17.3 Å². The number of hydrogen-bond acceptors (Lipinski definition) is 12. The number of para-hydroxylation sites is 1. The summed E-state index contributed by atoms with van der Waals surface area (Å²) in [5.41, 5.74) is 0.0567. The number of carbonyl (C=O) groups is 1. The highest BCUT2D eigenvalue weighted by Crippen LogP contribution is 2.36. The van der Waals surface area contributed by atoms with E-state index in [4.69, 9.17) is 18.9 Å². The Balaban J connectivity index is 1.82. The molecule has 2 aliphatic heterocycles. The molecular weight excluding hydrogens is 444 g/mol. The van der Waals surface area contributed by atoms with Crippen LogP contribution in [0.15, 0.2) is 24.3 Å². The van der Waals surface area contributed by atoms with Gasteiger partial charge in [0.05, 0.1) is 38.1 Å². The number of rotatable bonds is 7. The molecule has 2 saturated heterocycles. The summed E-state index contributed by atoms with van der Waals surface area (Å²) in [5.74, 6) is -1.93. The van der Waals surface area contributed by atoms with Gasteiger partial charge >= 0.3 is 5.97 Å². The highest BCUT2D eigenvalue weighted by molar-refractivity contribution is 5.92. The molecule has 12 nitrogen and oxygen atoms in total. The maximum absolute atomic E-state index is 12.2. The second kappa shape index (κ2) is 11.0.